The highest BCUT2D eigenvalue weighted by Gasteiger charge is 2.22. The van der Waals surface area contributed by atoms with E-state index in [1.54, 1.807) is 13.1 Å². The first-order valence-corrected chi connectivity index (χ1v) is 7.66. The molecule has 1 amide bonds. The molecule has 20 heavy (non-hydrogen) atoms. The van der Waals surface area contributed by atoms with E-state index in [1.165, 1.54) is 25.5 Å². The summed E-state index contributed by atoms with van der Waals surface area (Å²) in [5.41, 5.74) is 0.489. The van der Waals surface area contributed by atoms with Gasteiger partial charge in [-0.2, -0.15) is 0 Å². The van der Waals surface area contributed by atoms with Gasteiger partial charge in [-0.3, -0.25) is 4.79 Å². The smallest absolute Gasteiger partial charge is 0.253 e. The summed E-state index contributed by atoms with van der Waals surface area (Å²) < 4.78 is 0. The van der Waals surface area contributed by atoms with Crippen LogP contribution < -0.4 is 10.6 Å². The monoisotopic (exact) mass is 295 g/mol. The average molecular weight is 296 g/mol. The molecule has 1 aromatic rings. The molecule has 0 spiro atoms. The number of carbonyl (C=O) groups is 1. The molecule has 2 rings (SSSR count). The van der Waals surface area contributed by atoms with Crippen LogP contribution in [0.2, 0.25) is 5.02 Å². The molecule has 2 N–H and O–H groups in total. The molecule has 1 heterocycles. The maximum atomic E-state index is 12.3. The Balaban J connectivity index is 1.98. The van der Waals surface area contributed by atoms with Crippen LogP contribution in [-0.2, 0) is 0 Å². The summed E-state index contributed by atoms with van der Waals surface area (Å²) in [5.74, 6) is 1.37. The third-order valence-corrected chi connectivity index (χ3v) is 4.42. The number of anilines is 1. The maximum Gasteiger partial charge on any atom is 0.253 e. The van der Waals surface area contributed by atoms with Crippen molar-refractivity contribution in [3.05, 3.63) is 22.8 Å². The van der Waals surface area contributed by atoms with E-state index in [9.17, 15) is 4.79 Å². The minimum absolute atomic E-state index is 0.103. The van der Waals surface area contributed by atoms with Crippen LogP contribution in [0.15, 0.2) is 12.3 Å². The van der Waals surface area contributed by atoms with Gasteiger partial charge in [-0.25, -0.2) is 4.98 Å². The van der Waals surface area contributed by atoms with Gasteiger partial charge < -0.3 is 10.6 Å². The summed E-state index contributed by atoms with van der Waals surface area (Å²) >= 11 is 6.06. The second-order valence-electron chi connectivity index (χ2n) is 5.40. The molecule has 0 aliphatic heterocycles. The van der Waals surface area contributed by atoms with Crippen molar-refractivity contribution < 1.29 is 4.79 Å². The van der Waals surface area contributed by atoms with Crippen molar-refractivity contribution in [2.45, 2.75) is 45.1 Å². The van der Waals surface area contributed by atoms with Crippen molar-refractivity contribution >= 4 is 23.3 Å². The number of aromatic nitrogens is 1. The van der Waals surface area contributed by atoms with E-state index in [0.29, 0.717) is 16.4 Å². The Morgan fingerprint density at radius 1 is 1.40 bits per heavy atom. The van der Waals surface area contributed by atoms with Gasteiger partial charge in [0.2, 0.25) is 0 Å². The van der Waals surface area contributed by atoms with Gasteiger partial charge in [-0.1, -0.05) is 24.9 Å². The molecular weight excluding hydrogens is 274 g/mol. The molecule has 110 valence electrons. The van der Waals surface area contributed by atoms with Crippen LogP contribution in [-0.4, -0.2) is 24.0 Å². The molecule has 0 aromatic carbocycles. The summed E-state index contributed by atoms with van der Waals surface area (Å²) in [6.07, 6.45) is 7.27. The lowest BCUT2D eigenvalue weighted by atomic mass is 9.84. The fourth-order valence-electron chi connectivity index (χ4n) is 2.73. The first-order valence-electron chi connectivity index (χ1n) is 7.28. The second-order valence-corrected chi connectivity index (χ2v) is 5.81. The van der Waals surface area contributed by atoms with Crippen LogP contribution in [0.4, 0.5) is 5.82 Å². The van der Waals surface area contributed by atoms with E-state index < -0.39 is 0 Å². The van der Waals surface area contributed by atoms with Crippen LogP contribution in [0.5, 0.6) is 0 Å². The first-order chi connectivity index (χ1) is 9.63. The predicted molar refractivity (Wildman–Crippen MR) is 82.3 cm³/mol. The van der Waals surface area contributed by atoms with Crippen molar-refractivity contribution in [1.29, 1.82) is 0 Å². The fraction of sp³-hybridized carbons (Fsp3) is 0.600. The summed E-state index contributed by atoms with van der Waals surface area (Å²) in [5, 5.41) is 6.40. The number of hydrogen-bond donors (Lipinski definition) is 2. The van der Waals surface area contributed by atoms with Gasteiger partial charge >= 0.3 is 0 Å². The summed E-state index contributed by atoms with van der Waals surface area (Å²) in [4.78, 5) is 16.4. The van der Waals surface area contributed by atoms with Crippen molar-refractivity contribution in [2.75, 3.05) is 12.4 Å². The topological polar surface area (TPSA) is 54.0 Å². The largest absolute Gasteiger partial charge is 0.373 e. The van der Waals surface area contributed by atoms with Crippen LogP contribution in [0.1, 0.15) is 49.4 Å². The molecular formula is C15H22ClN3O. The highest BCUT2D eigenvalue weighted by atomic mass is 35.5. The van der Waals surface area contributed by atoms with Crippen LogP contribution >= 0.6 is 11.6 Å². The zero-order valence-electron chi connectivity index (χ0n) is 12.1. The Kier molecular flexibility index (Phi) is 5.24. The highest BCUT2D eigenvalue weighted by molar-refractivity contribution is 6.33. The number of pyridine rings is 1. The molecule has 0 unspecified atom stereocenters. The Bertz CT molecular complexity index is 470. The average Bonchev–Trinajstić information content (AvgIpc) is 2.48. The first kappa shape index (κ1) is 15.1. The Hall–Kier alpha value is -1.29. The molecule has 1 saturated carbocycles. The number of nitrogens with one attached hydrogen (secondary N) is 2. The molecule has 1 fully saturated rings. The van der Waals surface area contributed by atoms with Crippen molar-refractivity contribution in [3.8, 4) is 0 Å². The molecule has 1 aliphatic rings. The summed E-state index contributed by atoms with van der Waals surface area (Å²) in [6, 6.07) is 1.96. The maximum absolute atomic E-state index is 12.3. The number of rotatable bonds is 4. The van der Waals surface area contributed by atoms with E-state index >= 15 is 0 Å². The zero-order valence-corrected chi connectivity index (χ0v) is 12.8. The van der Waals surface area contributed by atoms with E-state index in [1.807, 2.05) is 0 Å². The third-order valence-electron chi connectivity index (χ3n) is 4.12. The van der Waals surface area contributed by atoms with E-state index in [4.69, 9.17) is 11.6 Å². The molecule has 0 saturated heterocycles. The van der Waals surface area contributed by atoms with Gasteiger partial charge in [0.05, 0.1) is 10.6 Å². The lowest BCUT2D eigenvalue weighted by Crippen LogP contribution is -2.37. The number of hydrogen-bond acceptors (Lipinski definition) is 3. The normalized spacial score (nSPS) is 22.4. The SMILES string of the molecule is CCC1CCC(NC(=O)c2cc(NC)ncc2Cl)CC1. The Morgan fingerprint density at radius 2 is 2.10 bits per heavy atom. The van der Waals surface area contributed by atoms with Crippen LogP contribution in [0.3, 0.4) is 0 Å². The second kappa shape index (κ2) is 6.93. The predicted octanol–water partition coefficient (Wildman–Crippen LogP) is 3.48. The van der Waals surface area contributed by atoms with Crippen molar-refractivity contribution in [3.63, 3.8) is 0 Å². The van der Waals surface area contributed by atoms with Gasteiger partial charge in [-0.05, 0) is 37.7 Å². The van der Waals surface area contributed by atoms with Crippen molar-refractivity contribution in [2.24, 2.45) is 5.92 Å². The minimum atomic E-state index is -0.103. The molecule has 0 bridgehead atoms. The molecule has 1 aliphatic carbocycles. The quantitative estimate of drug-likeness (QED) is 0.894. The van der Waals surface area contributed by atoms with Gasteiger partial charge in [-0.15, -0.1) is 0 Å². The van der Waals surface area contributed by atoms with Gasteiger partial charge in [0.1, 0.15) is 5.82 Å². The number of halogens is 1. The summed E-state index contributed by atoms with van der Waals surface area (Å²) in [7, 11) is 1.77. The fourth-order valence-corrected chi connectivity index (χ4v) is 2.92. The van der Waals surface area contributed by atoms with Crippen LogP contribution in [0, 0.1) is 5.92 Å². The zero-order chi connectivity index (χ0) is 14.5. The van der Waals surface area contributed by atoms with Crippen molar-refractivity contribution in [1.82, 2.24) is 10.3 Å². The van der Waals surface area contributed by atoms with E-state index in [-0.39, 0.29) is 11.9 Å². The van der Waals surface area contributed by atoms with E-state index in [0.717, 1.165) is 18.8 Å². The molecule has 1 aromatic heterocycles. The lowest BCUT2D eigenvalue weighted by Gasteiger charge is -2.28. The highest BCUT2D eigenvalue weighted by Crippen LogP contribution is 2.27. The number of nitrogens with zero attached hydrogens (tertiary/aromatic N) is 1. The lowest BCUT2D eigenvalue weighted by molar-refractivity contribution is 0.0921. The molecule has 0 atom stereocenters. The van der Waals surface area contributed by atoms with Crippen LogP contribution in [0.25, 0.3) is 0 Å². The van der Waals surface area contributed by atoms with Gasteiger partial charge in [0.15, 0.2) is 0 Å². The minimum Gasteiger partial charge on any atom is -0.373 e. The van der Waals surface area contributed by atoms with Gasteiger partial charge in [0, 0.05) is 19.3 Å². The third kappa shape index (κ3) is 3.63. The standard InChI is InChI=1S/C15H22ClN3O/c1-3-10-4-6-11(7-5-10)19-15(20)12-8-14(17-2)18-9-13(12)16/h8-11H,3-7H2,1-2H3,(H,17,18)(H,19,20). The van der Waals surface area contributed by atoms with E-state index in [2.05, 4.69) is 22.5 Å². The Labute approximate surface area is 125 Å². The number of amides is 1. The molecule has 5 heteroatoms. The van der Waals surface area contributed by atoms with Gasteiger partial charge in [0.25, 0.3) is 5.91 Å². The Morgan fingerprint density at radius 3 is 2.70 bits per heavy atom. The number of carbonyl (C=O) groups excluding carboxylic acids is 1. The summed E-state index contributed by atoms with van der Waals surface area (Å²) in [6.45, 7) is 2.24. The molecule has 4 nitrogen and oxygen atoms in total. The molecule has 0 radical (unpaired) electrons.